The number of hydrogen-bond donors (Lipinski definition) is 0. The Morgan fingerprint density at radius 1 is 1.24 bits per heavy atom. The Labute approximate surface area is 194 Å². The molecule has 0 saturated carbocycles. The van der Waals surface area contributed by atoms with Crippen molar-refractivity contribution in [3.8, 4) is 17.0 Å². The largest absolute Gasteiger partial charge is 0.494 e. The molecule has 0 radical (unpaired) electrons. The second kappa shape index (κ2) is 7.45. The lowest BCUT2D eigenvalue weighted by atomic mass is 9.82. The smallest absolute Gasteiger partial charge is 0.292 e. The quantitative estimate of drug-likeness (QED) is 0.267. The van der Waals surface area contributed by atoms with E-state index in [1.807, 2.05) is 18.7 Å². The molecule has 2 aromatic heterocycles. The Morgan fingerprint density at radius 3 is 2.73 bits per heavy atom. The molecule has 1 aliphatic rings. The topological polar surface area (TPSA) is 72.9 Å². The molecule has 0 fully saturated rings. The van der Waals surface area contributed by atoms with E-state index in [1.165, 1.54) is 19.2 Å². The van der Waals surface area contributed by atoms with Crippen LogP contribution in [-0.4, -0.2) is 28.0 Å². The predicted octanol–water partition coefficient (Wildman–Crippen LogP) is 6.14. The van der Waals surface area contributed by atoms with Crippen molar-refractivity contribution >= 4 is 34.3 Å². The maximum atomic E-state index is 15.6. The maximum absolute atomic E-state index is 15.6. The van der Waals surface area contributed by atoms with Crippen LogP contribution >= 0.6 is 11.6 Å². The second-order valence-corrected chi connectivity index (χ2v) is 9.05. The minimum atomic E-state index is -0.558. The molecule has 0 aliphatic carbocycles. The van der Waals surface area contributed by atoms with Gasteiger partial charge >= 0.3 is 0 Å². The lowest BCUT2D eigenvalue weighted by Gasteiger charge is -2.22. The van der Waals surface area contributed by atoms with Crippen molar-refractivity contribution in [1.29, 1.82) is 0 Å². The Hall–Kier alpha value is -3.65. The molecule has 0 unspecified atom stereocenters. The van der Waals surface area contributed by atoms with E-state index in [4.69, 9.17) is 16.3 Å². The molecule has 9 heteroatoms. The first-order valence-electron chi connectivity index (χ1n) is 10.3. The number of aromatic nitrogens is 2. The van der Waals surface area contributed by atoms with Crippen molar-refractivity contribution < 1.29 is 14.1 Å². The van der Waals surface area contributed by atoms with Gasteiger partial charge in [0.05, 0.1) is 23.4 Å². The summed E-state index contributed by atoms with van der Waals surface area (Å²) in [6.45, 7) is 4.37. The third-order valence-electron chi connectivity index (χ3n) is 5.98. The summed E-state index contributed by atoms with van der Waals surface area (Å²) in [7, 11) is 1.46. The summed E-state index contributed by atoms with van der Waals surface area (Å²) in [6, 6.07) is 11.3. The Morgan fingerprint density at radius 2 is 2.00 bits per heavy atom. The number of nitro benzene ring substituents is 1. The fourth-order valence-electron chi connectivity index (χ4n) is 4.63. The summed E-state index contributed by atoms with van der Waals surface area (Å²) in [5.74, 6) is -0.167. The van der Waals surface area contributed by atoms with Gasteiger partial charge in [-0.3, -0.25) is 10.1 Å². The van der Waals surface area contributed by atoms with Gasteiger partial charge in [0.15, 0.2) is 0 Å². The summed E-state index contributed by atoms with van der Waals surface area (Å²) >= 11 is 6.11. The van der Waals surface area contributed by atoms with Crippen LogP contribution in [0.3, 0.4) is 0 Å². The molecule has 0 spiro atoms. The van der Waals surface area contributed by atoms with Gasteiger partial charge in [-0.05, 0) is 17.7 Å². The van der Waals surface area contributed by atoms with Gasteiger partial charge in [-0.1, -0.05) is 37.6 Å². The highest BCUT2D eigenvalue weighted by molar-refractivity contribution is 6.30. The van der Waals surface area contributed by atoms with Crippen LogP contribution in [-0.2, 0) is 5.41 Å². The average molecular weight is 467 g/mol. The summed E-state index contributed by atoms with van der Waals surface area (Å²) in [5.41, 5.74) is 2.51. The molecule has 0 N–H and O–H groups in total. The fraction of sp³-hybridized carbons (Fsp3) is 0.208. The summed E-state index contributed by atoms with van der Waals surface area (Å²) in [5, 5.41) is 12.3. The number of para-hydroxylation sites is 2. The molecule has 5 rings (SSSR count). The Bertz CT molecular complexity index is 1430. The number of hydrogen-bond acceptors (Lipinski definition) is 5. The molecule has 0 saturated heterocycles. The third kappa shape index (κ3) is 3.29. The van der Waals surface area contributed by atoms with Gasteiger partial charge in [-0.2, -0.15) is 0 Å². The van der Waals surface area contributed by atoms with Gasteiger partial charge < -0.3 is 14.0 Å². The van der Waals surface area contributed by atoms with Crippen LogP contribution < -0.4 is 9.64 Å². The number of pyridine rings is 1. The van der Waals surface area contributed by atoms with Crippen LogP contribution in [0.2, 0.25) is 5.02 Å². The molecule has 4 aromatic rings. The number of halogens is 2. The highest BCUT2D eigenvalue weighted by Crippen LogP contribution is 2.54. The number of benzene rings is 2. The molecule has 1 aliphatic heterocycles. The van der Waals surface area contributed by atoms with Crippen molar-refractivity contribution in [2.45, 2.75) is 19.3 Å². The van der Waals surface area contributed by atoms with Crippen LogP contribution in [0.15, 0.2) is 54.9 Å². The van der Waals surface area contributed by atoms with Crippen molar-refractivity contribution in [3.63, 3.8) is 0 Å². The minimum Gasteiger partial charge on any atom is -0.494 e. The van der Waals surface area contributed by atoms with Crippen molar-refractivity contribution in [2.75, 3.05) is 18.6 Å². The van der Waals surface area contributed by atoms with Gasteiger partial charge in [-0.15, -0.1) is 0 Å². The van der Waals surface area contributed by atoms with E-state index in [0.717, 1.165) is 0 Å². The van der Waals surface area contributed by atoms with Gasteiger partial charge in [0.1, 0.15) is 22.9 Å². The second-order valence-electron chi connectivity index (χ2n) is 8.61. The summed E-state index contributed by atoms with van der Waals surface area (Å²) in [6.07, 6.45) is 3.52. The van der Waals surface area contributed by atoms with E-state index in [2.05, 4.69) is 4.98 Å². The van der Waals surface area contributed by atoms with Crippen molar-refractivity contribution in [1.82, 2.24) is 9.38 Å². The normalized spacial score (nSPS) is 14.5. The van der Waals surface area contributed by atoms with E-state index in [9.17, 15) is 10.1 Å². The molecule has 3 heterocycles. The molecule has 0 amide bonds. The number of fused-ring (bicyclic) bond motifs is 2. The van der Waals surface area contributed by atoms with Crippen molar-refractivity contribution in [3.05, 3.63) is 81.4 Å². The summed E-state index contributed by atoms with van der Waals surface area (Å²) < 4.78 is 22.9. The zero-order valence-corrected chi connectivity index (χ0v) is 18.9. The van der Waals surface area contributed by atoms with E-state index < -0.39 is 16.2 Å². The molecule has 7 nitrogen and oxygen atoms in total. The number of anilines is 2. The van der Waals surface area contributed by atoms with Gasteiger partial charge in [-0.25, -0.2) is 9.37 Å². The van der Waals surface area contributed by atoms with Crippen LogP contribution in [0, 0.1) is 15.9 Å². The number of rotatable bonds is 4. The monoisotopic (exact) mass is 466 g/mol. The fourth-order valence-corrected chi connectivity index (χ4v) is 4.79. The predicted molar refractivity (Wildman–Crippen MR) is 125 cm³/mol. The number of ether oxygens (including phenoxy) is 1. The molecule has 33 heavy (non-hydrogen) atoms. The van der Waals surface area contributed by atoms with Gasteiger partial charge in [0.2, 0.25) is 0 Å². The molecule has 0 bridgehead atoms. The lowest BCUT2D eigenvalue weighted by molar-refractivity contribution is -0.384. The zero-order chi connectivity index (χ0) is 23.5. The van der Waals surface area contributed by atoms with E-state index >= 15 is 4.39 Å². The zero-order valence-electron chi connectivity index (χ0n) is 18.2. The molecule has 168 valence electrons. The highest BCUT2D eigenvalue weighted by atomic mass is 35.5. The SMILES string of the molecule is COc1cc(F)c(-c2cn3ccc(Cl)cc3n2)c2c1N(c1ccccc1[N+](=O)[O-])CC2(C)C. The molecule has 2 aromatic carbocycles. The van der Waals surface area contributed by atoms with Gasteiger partial charge in [0.25, 0.3) is 5.69 Å². The lowest BCUT2D eigenvalue weighted by Crippen LogP contribution is -2.25. The molecular weight excluding hydrogens is 447 g/mol. The first-order chi connectivity index (χ1) is 15.7. The molecular formula is C24H20ClFN4O3. The maximum Gasteiger partial charge on any atom is 0.292 e. The van der Waals surface area contributed by atoms with Crippen LogP contribution in [0.5, 0.6) is 5.75 Å². The van der Waals surface area contributed by atoms with E-state index in [0.29, 0.717) is 51.2 Å². The average Bonchev–Trinajstić information content (AvgIpc) is 3.31. The summed E-state index contributed by atoms with van der Waals surface area (Å²) in [4.78, 5) is 17.8. The third-order valence-corrected chi connectivity index (χ3v) is 6.22. The number of methoxy groups -OCH3 is 1. The number of imidazole rings is 1. The first-order valence-corrected chi connectivity index (χ1v) is 10.7. The number of nitrogens with zero attached hydrogens (tertiary/aromatic N) is 4. The standard InChI is InChI=1S/C24H20ClFN4O3/c1-24(2)13-29(17-6-4-5-7-18(17)30(31)32)23-19(33-3)11-15(26)21(22(23)24)16-12-28-9-8-14(25)10-20(28)27-16/h4-12H,13H2,1-3H3. The Kier molecular flexibility index (Phi) is 4.79. The van der Waals surface area contributed by atoms with Crippen LogP contribution in [0.4, 0.5) is 21.5 Å². The first kappa shape index (κ1) is 21.2. The van der Waals surface area contributed by atoms with Crippen LogP contribution in [0.1, 0.15) is 19.4 Å². The van der Waals surface area contributed by atoms with Crippen LogP contribution in [0.25, 0.3) is 16.9 Å². The minimum absolute atomic E-state index is 0.0311. The highest BCUT2D eigenvalue weighted by Gasteiger charge is 2.43. The van der Waals surface area contributed by atoms with E-state index in [1.54, 1.807) is 47.1 Å². The van der Waals surface area contributed by atoms with Crippen molar-refractivity contribution in [2.24, 2.45) is 0 Å². The Balaban J connectivity index is 1.81. The molecule has 0 atom stereocenters. The number of nitro groups is 1. The van der Waals surface area contributed by atoms with Gasteiger partial charge in [0, 0.05) is 53.1 Å². The van der Waals surface area contributed by atoms with E-state index in [-0.39, 0.29) is 5.69 Å².